The van der Waals surface area contributed by atoms with Crippen molar-refractivity contribution in [1.82, 2.24) is 0 Å². The zero-order valence-corrected chi connectivity index (χ0v) is 24.0. The first-order chi connectivity index (χ1) is 12.1. The first kappa shape index (κ1) is 35.4. The van der Waals surface area contributed by atoms with Crippen LogP contribution in [0.3, 0.4) is 0 Å². The van der Waals surface area contributed by atoms with Crippen molar-refractivity contribution in [2.75, 3.05) is 0 Å². The lowest BCUT2D eigenvalue weighted by molar-refractivity contribution is 0.165. The Morgan fingerprint density at radius 1 is 0.464 bits per heavy atom. The van der Waals surface area contributed by atoms with Crippen molar-refractivity contribution in [2.24, 2.45) is 33.5 Å². The van der Waals surface area contributed by atoms with Crippen molar-refractivity contribution in [3.05, 3.63) is 0 Å². The van der Waals surface area contributed by atoms with Crippen LogP contribution in [-0.4, -0.2) is 0 Å². The van der Waals surface area contributed by atoms with Crippen LogP contribution in [0.1, 0.15) is 150 Å². The molecule has 0 saturated heterocycles. The molecule has 0 aromatic rings. The second-order valence-corrected chi connectivity index (χ2v) is 12.9. The molecule has 0 bridgehead atoms. The van der Waals surface area contributed by atoms with E-state index >= 15 is 0 Å². The molecular formula is C28H64. The minimum Gasteiger partial charge on any atom is -0.0649 e. The lowest BCUT2D eigenvalue weighted by Crippen LogP contribution is -2.25. The molecule has 0 aliphatic heterocycles. The van der Waals surface area contributed by atoms with E-state index in [9.17, 15) is 0 Å². The van der Waals surface area contributed by atoms with E-state index in [2.05, 4.69) is 125 Å². The van der Waals surface area contributed by atoms with Crippen LogP contribution < -0.4 is 0 Å². The van der Waals surface area contributed by atoms with E-state index in [1.807, 2.05) is 0 Å². The fourth-order valence-electron chi connectivity index (χ4n) is 1.42. The molecule has 0 radical (unpaired) electrons. The summed E-state index contributed by atoms with van der Waals surface area (Å²) >= 11 is 0. The van der Waals surface area contributed by atoms with Crippen molar-refractivity contribution in [1.29, 1.82) is 0 Å². The van der Waals surface area contributed by atoms with Crippen LogP contribution in [0.2, 0.25) is 0 Å². The summed E-state index contributed by atoms with van der Waals surface area (Å²) in [6.45, 7) is 40.7. The van der Waals surface area contributed by atoms with Gasteiger partial charge in [-0.15, -0.1) is 0 Å². The summed E-state index contributed by atoms with van der Waals surface area (Å²) in [7, 11) is 0. The Morgan fingerprint density at radius 2 is 0.643 bits per heavy atom. The van der Waals surface area contributed by atoms with Crippen LogP contribution in [0, 0.1) is 33.5 Å². The highest BCUT2D eigenvalue weighted by atomic mass is 14.3. The fourth-order valence-corrected chi connectivity index (χ4v) is 1.42. The van der Waals surface area contributed by atoms with Crippen LogP contribution >= 0.6 is 0 Å². The van der Waals surface area contributed by atoms with Gasteiger partial charge in [0.05, 0.1) is 0 Å². The van der Waals surface area contributed by atoms with Crippen molar-refractivity contribution >= 4 is 0 Å². The summed E-state index contributed by atoms with van der Waals surface area (Å²) in [6.07, 6.45) is 5.23. The normalized spacial score (nSPS) is 12.4. The van der Waals surface area contributed by atoms with E-state index in [1.54, 1.807) is 0 Å². The monoisotopic (exact) mass is 401 g/mol. The smallest absolute Gasteiger partial charge is 0.0308 e. The van der Waals surface area contributed by atoms with Gasteiger partial charge >= 0.3 is 0 Å². The quantitative estimate of drug-likeness (QED) is 0.430. The van der Waals surface area contributed by atoms with Gasteiger partial charge in [-0.25, -0.2) is 0 Å². The Balaban J connectivity index is -0.000000141. The molecular weight excluding hydrogens is 336 g/mol. The van der Waals surface area contributed by atoms with Gasteiger partial charge in [-0.3, -0.25) is 0 Å². The standard InChI is InChI=1S/C9H20.C8H18.C6H14.C5H12/c1-7(2)9(5,6)8(3)4;1-5-8(4,6-2)7-3;1-5-6(2,3)4;1-5(2,3)4/h7-8H,1-6H3;5-7H2,1-4H3;5H2,1-4H3;1-4H3. The summed E-state index contributed by atoms with van der Waals surface area (Å²) in [6, 6.07) is 0. The Bertz CT molecular complexity index is 289. The minimum atomic E-state index is 0.500. The lowest BCUT2D eigenvalue weighted by Gasteiger charge is -2.33. The second kappa shape index (κ2) is 15.8. The van der Waals surface area contributed by atoms with Crippen molar-refractivity contribution < 1.29 is 0 Å². The molecule has 0 heteroatoms. The van der Waals surface area contributed by atoms with Crippen molar-refractivity contribution in [3.63, 3.8) is 0 Å². The van der Waals surface area contributed by atoms with Gasteiger partial charge in [0.15, 0.2) is 0 Å². The third-order valence-corrected chi connectivity index (χ3v) is 6.60. The Labute approximate surface area is 184 Å². The molecule has 0 aromatic carbocycles. The van der Waals surface area contributed by atoms with Crippen molar-refractivity contribution in [3.8, 4) is 0 Å². The molecule has 0 saturated carbocycles. The van der Waals surface area contributed by atoms with Crippen LogP contribution in [0.15, 0.2) is 0 Å². The van der Waals surface area contributed by atoms with Gasteiger partial charge in [-0.2, -0.15) is 0 Å². The van der Waals surface area contributed by atoms with Gasteiger partial charge < -0.3 is 0 Å². The molecule has 176 valence electrons. The summed E-state index contributed by atoms with van der Waals surface area (Å²) in [5.74, 6) is 1.58. The lowest BCUT2D eigenvalue weighted by atomic mass is 9.72. The average molecular weight is 401 g/mol. The summed E-state index contributed by atoms with van der Waals surface area (Å²) < 4.78 is 0. The average Bonchev–Trinajstić information content (AvgIpc) is 2.52. The summed E-state index contributed by atoms with van der Waals surface area (Å²) in [4.78, 5) is 0. The molecule has 0 aromatic heterocycles. The van der Waals surface area contributed by atoms with E-state index < -0.39 is 0 Å². The maximum Gasteiger partial charge on any atom is -0.0308 e. The molecule has 0 nitrogen and oxygen atoms in total. The Morgan fingerprint density at radius 3 is 0.643 bits per heavy atom. The molecule has 0 heterocycles. The van der Waals surface area contributed by atoms with Gasteiger partial charge in [0.2, 0.25) is 0 Å². The van der Waals surface area contributed by atoms with E-state index in [0.29, 0.717) is 21.7 Å². The second-order valence-electron chi connectivity index (χ2n) is 12.9. The highest BCUT2D eigenvalue weighted by Gasteiger charge is 2.25. The third kappa shape index (κ3) is 28.2. The molecule has 0 spiro atoms. The first-order valence-corrected chi connectivity index (χ1v) is 12.1. The molecule has 0 rings (SSSR count). The number of hydrogen-bond donors (Lipinski definition) is 0. The van der Waals surface area contributed by atoms with E-state index in [1.165, 1.54) is 25.7 Å². The minimum absolute atomic E-state index is 0.500. The number of hydrogen-bond acceptors (Lipinski definition) is 0. The Hall–Kier alpha value is 0. The van der Waals surface area contributed by atoms with E-state index in [-0.39, 0.29) is 0 Å². The first-order valence-electron chi connectivity index (χ1n) is 12.1. The van der Waals surface area contributed by atoms with E-state index in [4.69, 9.17) is 0 Å². The summed E-state index contributed by atoms with van der Waals surface area (Å²) in [5, 5.41) is 0. The van der Waals surface area contributed by atoms with Gasteiger partial charge in [-0.05, 0) is 33.5 Å². The largest absolute Gasteiger partial charge is 0.0649 e. The maximum atomic E-state index is 2.35. The van der Waals surface area contributed by atoms with Crippen LogP contribution in [0.4, 0.5) is 0 Å². The van der Waals surface area contributed by atoms with Gasteiger partial charge in [0.25, 0.3) is 0 Å². The van der Waals surface area contributed by atoms with Crippen LogP contribution in [0.5, 0.6) is 0 Å². The SMILES string of the molecule is CC(C)(C)C.CC(C)C(C)(C)C(C)C.CCC(C)(C)C.CCC(C)(CC)CC. The van der Waals surface area contributed by atoms with Gasteiger partial charge in [0, 0.05) is 0 Å². The predicted molar refractivity (Wildman–Crippen MR) is 137 cm³/mol. The molecule has 0 aliphatic carbocycles. The van der Waals surface area contributed by atoms with Crippen LogP contribution in [0.25, 0.3) is 0 Å². The fraction of sp³-hybridized carbons (Fsp3) is 1.00. The molecule has 0 atom stereocenters. The predicted octanol–water partition coefficient (Wildman–Crippen LogP) is 11.0. The van der Waals surface area contributed by atoms with Crippen molar-refractivity contribution in [2.45, 2.75) is 150 Å². The zero-order valence-electron chi connectivity index (χ0n) is 24.0. The number of rotatable bonds is 5. The van der Waals surface area contributed by atoms with Gasteiger partial charge in [-0.1, -0.05) is 150 Å². The molecule has 0 N–H and O–H groups in total. The van der Waals surface area contributed by atoms with Crippen LogP contribution in [-0.2, 0) is 0 Å². The molecule has 0 aliphatic rings. The van der Waals surface area contributed by atoms with Gasteiger partial charge in [0.1, 0.15) is 0 Å². The highest BCUT2D eigenvalue weighted by Crippen LogP contribution is 2.34. The topological polar surface area (TPSA) is 0 Å². The highest BCUT2D eigenvalue weighted by molar-refractivity contribution is 4.75. The molecule has 28 heavy (non-hydrogen) atoms. The van der Waals surface area contributed by atoms with E-state index in [0.717, 1.165) is 11.8 Å². The zero-order chi connectivity index (χ0) is 24.0. The maximum absolute atomic E-state index is 2.35. The third-order valence-electron chi connectivity index (χ3n) is 6.60. The Kier molecular flexibility index (Phi) is 20.0. The molecule has 0 unspecified atom stereocenters. The summed E-state index contributed by atoms with van der Waals surface area (Å²) in [5.41, 5.74) is 2.17. The molecule has 0 fully saturated rings. The molecule has 0 amide bonds.